The van der Waals surface area contributed by atoms with Gasteiger partial charge in [0.15, 0.2) is 0 Å². The molecule has 0 aliphatic rings. The van der Waals surface area contributed by atoms with Gasteiger partial charge in [-0.15, -0.1) is 6.58 Å². The number of hydrogen-bond acceptors (Lipinski definition) is 6. The van der Waals surface area contributed by atoms with E-state index in [-0.39, 0.29) is 18.5 Å². The van der Waals surface area contributed by atoms with Gasteiger partial charge in [0.05, 0.1) is 30.9 Å². The van der Waals surface area contributed by atoms with Crippen molar-refractivity contribution in [3.8, 4) is 0 Å². The van der Waals surface area contributed by atoms with E-state index in [4.69, 9.17) is 14.6 Å². The zero-order valence-corrected chi connectivity index (χ0v) is 20.0. The van der Waals surface area contributed by atoms with E-state index in [1.807, 2.05) is 24.3 Å². The molecular weight excluding hydrogens is 511 g/mol. The van der Waals surface area contributed by atoms with Crippen molar-refractivity contribution in [3.63, 3.8) is 0 Å². The van der Waals surface area contributed by atoms with Crippen LogP contribution in [0.5, 0.6) is 0 Å². The van der Waals surface area contributed by atoms with Crippen LogP contribution in [0.3, 0.4) is 0 Å². The molecule has 0 radical (unpaired) electrons. The zero-order chi connectivity index (χ0) is 23.5. The van der Waals surface area contributed by atoms with Gasteiger partial charge in [-0.3, -0.25) is 0 Å². The lowest BCUT2D eigenvalue weighted by Gasteiger charge is -2.02. The number of rotatable bonds is 8. The maximum absolute atomic E-state index is 11.3. The van der Waals surface area contributed by atoms with E-state index in [0.29, 0.717) is 37.2 Å². The number of aldehydes is 1. The summed E-state index contributed by atoms with van der Waals surface area (Å²) in [5.74, 6) is -0.562. The van der Waals surface area contributed by atoms with Crippen molar-refractivity contribution >= 4 is 40.8 Å². The molecule has 0 bridgehead atoms. The lowest BCUT2D eigenvalue weighted by atomic mass is 10.1. The molecule has 0 saturated carbocycles. The monoisotopic (exact) mass is 540 g/mol. The average Bonchev–Trinajstić information content (AvgIpc) is 2.79. The fourth-order valence-electron chi connectivity index (χ4n) is 2.05. The minimum atomic E-state index is -0.306. The molecule has 0 unspecified atom stereocenters. The molecule has 2 aromatic carbocycles. The van der Waals surface area contributed by atoms with Crippen LogP contribution in [0.15, 0.2) is 61.2 Å². The summed E-state index contributed by atoms with van der Waals surface area (Å²) < 4.78 is 10.8. The number of aliphatic hydroxyl groups excluding tert-OH is 1. The number of benzene rings is 2. The molecule has 1 N–H and O–H groups in total. The molecule has 0 aliphatic heterocycles. The zero-order valence-electron chi connectivity index (χ0n) is 17.9. The summed E-state index contributed by atoms with van der Waals surface area (Å²) in [5.41, 5.74) is 2.21. The summed E-state index contributed by atoms with van der Waals surface area (Å²) in [6.45, 7) is 7.69. The molecule has 6 nitrogen and oxygen atoms in total. The van der Waals surface area contributed by atoms with Crippen LogP contribution in [0.4, 0.5) is 0 Å². The highest BCUT2D eigenvalue weighted by Gasteiger charge is 2.05. The number of hydrogen-bond donors (Lipinski definition) is 1. The normalized spacial score (nSPS) is 9.16. The Bertz CT molecular complexity index is 785. The molecule has 0 fully saturated rings. The van der Waals surface area contributed by atoms with Gasteiger partial charge >= 0.3 is 11.9 Å². The van der Waals surface area contributed by atoms with Crippen LogP contribution in [0.25, 0.3) is 0 Å². The highest BCUT2D eigenvalue weighted by molar-refractivity contribution is 14.1. The molecular formula is C24H29IO6. The highest BCUT2D eigenvalue weighted by atomic mass is 127. The van der Waals surface area contributed by atoms with Gasteiger partial charge in [0.25, 0.3) is 0 Å². The van der Waals surface area contributed by atoms with Gasteiger partial charge in [0, 0.05) is 9.99 Å². The molecule has 0 aromatic heterocycles. The van der Waals surface area contributed by atoms with Crippen LogP contribution >= 0.6 is 22.6 Å². The summed E-state index contributed by atoms with van der Waals surface area (Å²) >= 11 is 2.19. The van der Waals surface area contributed by atoms with Crippen molar-refractivity contribution in [2.75, 3.05) is 19.8 Å². The van der Waals surface area contributed by atoms with Crippen molar-refractivity contribution in [3.05, 3.63) is 81.4 Å². The quantitative estimate of drug-likeness (QED) is 0.227. The summed E-state index contributed by atoms with van der Waals surface area (Å²) in [4.78, 5) is 32.6. The third-order valence-electron chi connectivity index (χ3n) is 3.50. The molecule has 2 rings (SSSR count). The predicted octanol–water partition coefficient (Wildman–Crippen LogP) is 4.63. The summed E-state index contributed by atoms with van der Waals surface area (Å²) in [5, 5.41) is 7.76. The van der Waals surface area contributed by atoms with E-state index in [1.54, 1.807) is 38.1 Å². The van der Waals surface area contributed by atoms with Gasteiger partial charge in [-0.2, -0.15) is 0 Å². The molecule has 0 amide bonds. The Balaban J connectivity index is 0.000000504. The molecule has 168 valence electrons. The second kappa shape index (κ2) is 18.3. The Labute approximate surface area is 197 Å². The fourth-order valence-corrected chi connectivity index (χ4v) is 2.41. The SMILES string of the molecule is C=CCO.CCOC(=O)c1ccc(CCC=O)cc1.CCOC(=O)c1ccc(I)cc1. The topological polar surface area (TPSA) is 89.9 Å². The van der Waals surface area contributed by atoms with E-state index < -0.39 is 0 Å². The largest absolute Gasteiger partial charge is 0.462 e. The Morgan fingerprint density at radius 1 is 0.935 bits per heavy atom. The maximum Gasteiger partial charge on any atom is 0.338 e. The second-order valence-corrected chi connectivity index (χ2v) is 7.07. The minimum absolute atomic E-state index is 0.0833. The molecule has 0 heterocycles. The summed E-state index contributed by atoms with van der Waals surface area (Å²) in [6, 6.07) is 14.4. The van der Waals surface area contributed by atoms with Crippen molar-refractivity contribution < 1.29 is 29.0 Å². The number of aryl methyl sites for hydroxylation is 1. The van der Waals surface area contributed by atoms with Crippen LogP contribution in [0.2, 0.25) is 0 Å². The number of carbonyl (C=O) groups excluding carboxylic acids is 3. The van der Waals surface area contributed by atoms with Crippen molar-refractivity contribution in [2.24, 2.45) is 0 Å². The van der Waals surface area contributed by atoms with Gasteiger partial charge in [0.2, 0.25) is 0 Å². The standard InChI is InChI=1S/C12H14O3.C9H9IO2.C3H6O/c1-2-15-12(14)11-7-5-10(6-8-11)4-3-9-13;1-2-12-9(11)7-3-5-8(10)6-4-7;1-2-3-4/h5-9H,2-4H2,1H3;3-6H,2H2,1H3;2,4H,1,3H2. The first-order chi connectivity index (χ1) is 14.9. The number of ether oxygens (including phenoxy) is 2. The summed E-state index contributed by atoms with van der Waals surface area (Å²) in [6.07, 6.45) is 3.55. The highest BCUT2D eigenvalue weighted by Crippen LogP contribution is 2.08. The third-order valence-corrected chi connectivity index (χ3v) is 4.22. The third kappa shape index (κ3) is 13.4. The van der Waals surface area contributed by atoms with Crippen LogP contribution in [-0.2, 0) is 20.7 Å². The molecule has 0 atom stereocenters. The van der Waals surface area contributed by atoms with Crippen molar-refractivity contribution in [2.45, 2.75) is 26.7 Å². The predicted molar refractivity (Wildman–Crippen MR) is 129 cm³/mol. The van der Waals surface area contributed by atoms with Gasteiger partial charge in [-0.1, -0.05) is 18.2 Å². The first kappa shape index (κ1) is 28.5. The number of esters is 2. The molecule has 0 saturated heterocycles. The smallest absolute Gasteiger partial charge is 0.338 e. The second-order valence-electron chi connectivity index (χ2n) is 5.82. The first-order valence-corrected chi connectivity index (χ1v) is 10.8. The fraction of sp³-hybridized carbons (Fsp3) is 0.292. The number of halogens is 1. The van der Waals surface area contributed by atoms with Crippen molar-refractivity contribution in [1.82, 2.24) is 0 Å². The molecule has 0 spiro atoms. The van der Waals surface area contributed by atoms with E-state index >= 15 is 0 Å². The van der Waals surface area contributed by atoms with Crippen LogP contribution < -0.4 is 0 Å². The number of carbonyl (C=O) groups is 3. The van der Waals surface area contributed by atoms with Gasteiger partial charge in [-0.05, 0) is 84.8 Å². The average molecular weight is 540 g/mol. The van der Waals surface area contributed by atoms with Crippen LogP contribution in [0.1, 0.15) is 46.5 Å². The van der Waals surface area contributed by atoms with E-state index in [0.717, 1.165) is 15.4 Å². The maximum atomic E-state index is 11.3. The van der Waals surface area contributed by atoms with E-state index in [1.165, 1.54) is 6.08 Å². The lowest BCUT2D eigenvalue weighted by molar-refractivity contribution is -0.107. The van der Waals surface area contributed by atoms with Gasteiger partial charge in [0.1, 0.15) is 6.29 Å². The molecule has 31 heavy (non-hydrogen) atoms. The van der Waals surface area contributed by atoms with Crippen molar-refractivity contribution in [1.29, 1.82) is 0 Å². The van der Waals surface area contributed by atoms with Gasteiger partial charge in [-0.25, -0.2) is 9.59 Å². The Hall–Kier alpha value is -2.52. The van der Waals surface area contributed by atoms with Crippen LogP contribution in [0, 0.1) is 3.57 Å². The first-order valence-electron chi connectivity index (χ1n) is 9.77. The molecule has 0 aliphatic carbocycles. The molecule has 2 aromatic rings. The van der Waals surface area contributed by atoms with Gasteiger partial charge < -0.3 is 19.4 Å². The Morgan fingerprint density at radius 3 is 1.71 bits per heavy atom. The summed E-state index contributed by atoms with van der Waals surface area (Å²) in [7, 11) is 0. The minimum Gasteiger partial charge on any atom is -0.462 e. The number of aliphatic hydroxyl groups is 1. The van der Waals surface area contributed by atoms with E-state index in [2.05, 4.69) is 29.2 Å². The van der Waals surface area contributed by atoms with Crippen LogP contribution in [-0.4, -0.2) is 43.2 Å². The molecule has 7 heteroatoms. The Kier molecular flexibility index (Phi) is 16.8. The van der Waals surface area contributed by atoms with E-state index in [9.17, 15) is 14.4 Å². The Morgan fingerprint density at radius 2 is 1.35 bits per heavy atom. The lowest BCUT2D eigenvalue weighted by Crippen LogP contribution is -2.04.